The number of hydrogen-bond donors (Lipinski definition) is 1. The quantitative estimate of drug-likeness (QED) is 0.893. The number of nitrogens with zero attached hydrogens (tertiary/aromatic N) is 4. The second-order valence-electron chi connectivity index (χ2n) is 7.28. The number of hydrogen-bond acceptors (Lipinski definition) is 3. The maximum atomic E-state index is 13.0. The van der Waals surface area contributed by atoms with E-state index in [1.807, 2.05) is 4.90 Å². The second-order valence-corrected chi connectivity index (χ2v) is 7.28. The van der Waals surface area contributed by atoms with Crippen LogP contribution in [0.5, 0.6) is 0 Å². The van der Waals surface area contributed by atoms with Crippen molar-refractivity contribution < 1.29 is 9.18 Å². The monoisotopic (exact) mass is 357 g/mol. The Labute approximate surface area is 152 Å². The number of urea groups is 1. The summed E-state index contributed by atoms with van der Waals surface area (Å²) in [5.41, 5.74) is 0.880. The van der Waals surface area contributed by atoms with Gasteiger partial charge in [0.25, 0.3) is 0 Å². The van der Waals surface area contributed by atoms with Crippen molar-refractivity contribution in [2.24, 2.45) is 5.92 Å². The molecule has 1 saturated carbocycles. The molecule has 2 heterocycles. The SMILES string of the molecule is O=C(NCc1ccc(F)cc1)N1CCCC[C@H]1c1nncn1CC1CC1. The Hall–Kier alpha value is -2.44. The van der Waals surface area contributed by atoms with Crippen LogP contribution in [0.2, 0.25) is 0 Å². The molecule has 2 aromatic rings. The number of carbonyl (C=O) groups excluding carboxylic acids is 1. The lowest BCUT2D eigenvalue weighted by atomic mass is 10.0. The van der Waals surface area contributed by atoms with Gasteiger partial charge < -0.3 is 14.8 Å². The first-order chi connectivity index (χ1) is 12.7. The van der Waals surface area contributed by atoms with E-state index in [0.717, 1.165) is 49.7 Å². The van der Waals surface area contributed by atoms with Gasteiger partial charge in [-0.15, -0.1) is 10.2 Å². The molecule has 1 aliphatic heterocycles. The molecule has 2 fully saturated rings. The van der Waals surface area contributed by atoms with Gasteiger partial charge in [0.2, 0.25) is 0 Å². The van der Waals surface area contributed by atoms with E-state index in [9.17, 15) is 9.18 Å². The molecule has 26 heavy (non-hydrogen) atoms. The van der Waals surface area contributed by atoms with Gasteiger partial charge in [-0.3, -0.25) is 0 Å². The van der Waals surface area contributed by atoms with Crippen LogP contribution in [0.4, 0.5) is 9.18 Å². The number of aromatic nitrogens is 3. The van der Waals surface area contributed by atoms with E-state index < -0.39 is 0 Å². The van der Waals surface area contributed by atoms with Gasteiger partial charge in [-0.2, -0.15) is 0 Å². The molecule has 0 spiro atoms. The van der Waals surface area contributed by atoms with Gasteiger partial charge in [-0.25, -0.2) is 9.18 Å². The first-order valence-corrected chi connectivity index (χ1v) is 9.37. The highest BCUT2D eigenvalue weighted by molar-refractivity contribution is 5.74. The standard InChI is InChI=1S/C19H24FN5O/c20-16-8-6-14(7-9-16)11-21-19(26)25-10-2-1-3-17(25)18-23-22-13-24(18)12-15-4-5-15/h6-9,13,15,17H,1-5,10-12H2,(H,21,26)/t17-/m0/s1. The number of likely N-dealkylation sites (tertiary alicyclic amines) is 1. The topological polar surface area (TPSA) is 63.1 Å². The van der Waals surface area contributed by atoms with Crippen molar-refractivity contribution in [1.29, 1.82) is 0 Å². The molecule has 0 radical (unpaired) electrons. The minimum absolute atomic E-state index is 0.0294. The van der Waals surface area contributed by atoms with E-state index in [1.54, 1.807) is 18.5 Å². The first kappa shape index (κ1) is 17.0. The molecule has 1 N–H and O–H groups in total. The van der Waals surface area contributed by atoms with Gasteiger partial charge in [0.1, 0.15) is 12.1 Å². The normalized spacial score (nSPS) is 20.2. The molecule has 7 heteroatoms. The van der Waals surface area contributed by atoms with E-state index >= 15 is 0 Å². The zero-order valence-corrected chi connectivity index (χ0v) is 14.8. The molecular formula is C19H24FN5O. The Morgan fingerprint density at radius 3 is 2.77 bits per heavy atom. The third-order valence-electron chi connectivity index (χ3n) is 5.22. The van der Waals surface area contributed by atoms with Crippen LogP contribution in [-0.2, 0) is 13.1 Å². The maximum absolute atomic E-state index is 13.0. The largest absolute Gasteiger partial charge is 0.334 e. The summed E-state index contributed by atoms with van der Waals surface area (Å²) in [5, 5.41) is 11.4. The van der Waals surface area contributed by atoms with Crippen molar-refractivity contribution >= 4 is 6.03 Å². The van der Waals surface area contributed by atoms with E-state index in [4.69, 9.17) is 0 Å². The lowest BCUT2D eigenvalue weighted by Gasteiger charge is -2.35. The smallest absolute Gasteiger partial charge is 0.318 e. The number of rotatable bonds is 5. The molecule has 2 aliphatic rings. The number of piperidine rings is 1. The summed E-state index contributed by atoms with van der Waals surface area (Å²) >= 11 is 0. The van der Waals surface area contributed by atoms with Crippen molar-refractivity contribution in [3.63, 3.8) is 0 Å². The zero-order valence-electron chi connectivity index (χ0n) is 14.8. The van der Waals surface area contributed by atoms with Crippen molar-refractivity contribution in [1.82, 2.24) is 25.0 Å². The van der Waals surface area contributed by atoms with Gasteiger partial charge in [0.15, 0.2) is 5.82 Å². The fourth-order valence-corrected chi connectivity index (χ4v) is 3.57. The van der Waals surface area contributed by atoms with Crippen molar-refractivity contribution in [2.75, 3.05) is 6.54 Å². The Kier molecular flexibility index (Phi) is 4.86. The summed E-state index contributed by atoms with van der Waals surface area (Å²) in [6.45, 7) is 2.05. The summed E-state index contributed by atoms with van der Waals surface area (Å²) in [4.78, 5) is 14.6. The number of nitrogens with one attached hydrogen (secondary N) is 1. The van der Waals surface area contributed by atoms with Crippen LogP contribution in [0.1, 0.15) is 49.5 Å². The van der Waals surface area contributed by atoms with E-state index in [-0.39, 0.29) is 17.9 Å². The van der Waals surface area contributed by atoms with Crippen LogP contribution in [0, 0.1) is 11.7 Å². The lowest BCUT2D eigenvalue weighted by Crippen LogP contribution is -2.45. The summed E-state index contributed by atoms with van der Waals surface area (Å²) in [6.07, 6.45) is 7.32. The summed E-state index contributed by atoms with van der Waals surface area (Å²) in [6, 6.07) is 6.07. The lowest BCUT2D eigenvalue weighted by molar-refractivity contribution is 0.145. The first-order valence-electron chi connectivity index (χ1n) is 9.37. The molecule has 1 aromatic heterocycles. The summed E-state index contributed by atoms with van der Waals surface area (Å²) in [5.74, 6) is 1.36. The summed E-state index contributed by atoms with van der Waals surface area (Å²) in [7, 11) is 0. The number of amides is 2. The van der Waals surface area contributed by atoms with E-state index in [0.29, 0.717) is 6.54 Å². The zero-order chi connectivity index (χ0) is 17.9. The average molecular weight is 357 g/mol. The van der Waals surface area contributed by atoms with E-state index in [1.165, 1.54) is 25.0 Å². The molecule has 1 saturated heterocycles. The summed E-state index contributed by atoms with van der Waals surface area (Å²) < 4.78 is 15.1. The fourth-order valence-electron chi connectivity index (χ4n) is 3.57. The van der Waals surface area contributed by atoms with Crippen LogP contribution in [-0.4, -0.2) is 32.2 Å². The van der Waals surface area contributed by atoms with Crippen molar-refractivity contribution in [2.45, 2.75) is 51.2 Å². The van der Waals surface area contributed by atoms with Crippen molar-refractivity contribution in [3.05, 3.63) is 47.8 Å². The van der Waals surface area contributed by atoms with Gasteiger partial charge >= 0.3 is 6.03 Å². The Morgan fingerprint density at radius 2 is 2.00 bits per heavy atom. The molecule has 1 aromatic carbocycles. The van der Waals surface area contributed by atoms with Gasteiger partial charge in [0, 0.05) is 19.6 Å². The Bertz CT molecular complexity index is 756. The van der Waals surface area contributed by atoms with Crippen LogP contribution >= 0.6 is 0 Å². The minimum Gasteiger partial charge on any atom is -0.334 e. The molecule has 4 rings (SSSR count). The highest BCUT2D eigenvalue weighted by Crippen LogP contribution is 2.34. The third kappa shape index (κ3) is 3.86. The van der Waals surface area contributed by atoms with Crippen LogP contribution in [0.25, 0.3) is 0 Å². The minimum atomic E-state index is -0.272. The Balaban J connectivity index is 1.43. The molecule has 6 nitrogen and oxygen atoms in total. The highest BCUT2D eigenvalue weighted by Gasteiger charge is 2.32. The molecule has 0 bridgehead atoms. The second kappa shape index (κ2) is 7.43. The third-order valence-corrected chi connectivity index (χ3v) is 5.22. The fraction of sp³-hybridized carbons (Fsp3) is 0.526. The number of benzene rings is 1. The molecule has 2 amide bonds. The average Bonchev–Trinajstić information content (AvgIpc) is 3.36. The molecule has 1 aliphatic carbocycles. The van der Waals surface area contributed by atoms with Crippen molar-refractivity contribution in [3.8, 4) is 0 Å². The number of halogens is 1. The van der Waals surface area contributed by atoms with Crippen LogP contribution in [0.3, 0.4) is 0 Å². The van der Waals surface area contributed by atoms with Crippen LogP contribution in [0.15, 0.2) is 30.6 Å². The van der Waals surface area contributed by atoms with Crippen LogP contribution < -0.4 is 5.32 Å². The van der Waals surface area contributed by atoms with Gasteiger partial charge in [0.05, 0.1) is 6.04 Å². The van der Waals surface area contributed by atoms with E-state index in [2.05, 4.69) is 20.1 Å². The molecular weight excluding hydrogens is 333 g/mol. The number of carbonyl (C=O) groups is 1. The molecule has 0 unspecified atom stereocenters. The Morgan fingerprint density at radius 1 is 1.19 bits per heavy atom. The highest BCUT2D eigenvalue weighted by atomic mass is 19.1. The predicted octanol–water partition coefficient (Wildman–Crippen LogP) is 3.26. The predicted molar refractivity (Wildman–Crippen MR) is 94.7 cm³/mol. The van der Waals surface area contributed by atoms with Gasteiger partial charge in [-0.1, -0.05) is 12.1 Å². The molecule has 1 atom stereocenters. The molecule has 138 valence electrons. The maximum Gasteiger partial charge on any atom is 0.318 e. The van der Waals surface area contributed by atoms with Gasteiger partial charge in [-0.05, 0) is 55.7 Å².